The summed E-state index contributed by atoms with van der Waals surface area (Å²) in [5.74, 6) is -3.83. The lowest BCUT2D eigenvalue weighted by Crippen LogP contribution is -2.49. The Morgan fingerprint density at radius 3 is 1.07 bits per heavy atom. The van der Waals surface area contributed by atoms with Crippen LogP contribution in [0, 0.1) is 0 Å². The van der Waals surface area contributed by atoms with Crippen molar-refractivity contribution in [3.05, 3.63) is 0 Å². The van der Waals surface area contributed by atoms with E-state index in [1.54, 1.807) is 0 Å². The highest BCUT2D eigenvalue weighted by Gasteiger charge is 2.49. The van der Waals surface area contributed by atoms with E-state index in [0.717, 1.165) is 116 Å². The summed E-state index contributed by atoms with van der Waals surface area (Å²) in [7, 11) is 0. The molecule has 398 valence electrons. The molecule has 0 heterocycles. The lowest BCUT2D eigenvalue weighted by atomic mass is 9.94. The molecule has 0 fully saturated rings. The largest absolute Gasteiger partial charge is 0.466 e. The van der Waals surface area contributed by atoms with Crippen molar-refractivity contribution in [1.29, 1.82) is 0 Å². The van der Waals surface area contributed by atoms with E-state index in [0.29, 0.717) is 70.9 Å². The van der Waals surface area contributed by atoms with E-state index in [2.05, 4.69) is 39.5 Å². The molecule has 0 saturated heterocycles. The van der Waals surface area contributed by atoms with Crippen molar-refractivity contribution in [3.63, 3.8) is 0 Å². The van der Waals surface area contributed by atoms with Crippen molar-refractivity contribution >= 4 is 35.8 Å². The van der Waals surface area contributed by atoms with Gasteiger partial charge in [0.05, 0.1) is 52.3 Å². The number of unbranched alkanes of at least 4 members (excludes halogenated alkanes) is 19. The molecule has 0 aromatic heterocycles. The number of ether oxygens (including phenoxy) is 7. The third kappa shape index (κ3) is 39.6. The predicted octanol–water partition coefficient (Wildman–Crippen LogP) is 11.9. The lowest BCUT2D eigenvalue weighted by Gasteiger charge is -2.30. The van der Waals surface area contributed by atoms with Crippen LogP contribution in [-0.4, -0.2) is 112 Å². The van der Waals surface area contributed by atoms with Crippen LogP contribution in [0.1, 0.15) is 240 Å². The van der Waals surface area contributed by atoms with E-state index >= 15 is 0 Å². The Morgan fingerprint density at radius 1 is 0.324 bits per heavy atom. The Hall–Kier alpha value is -3.26. The molecule has 14 nitrogen and oxygen atoms in total. The Balaban J connectivity index is 5.63. The first-order valence-corrected chi connectivity index (χ1v) is 27.4. The fourth-order valence-electron chi connectivity index (χ4n) is 7.64. The van der Waals surface area contributed by atoms with Gasteiger partial charge in [-0.2, -0.15) is 0 Å². The number of esters is 6. The minimum absolute atomic E-state index is 0.0167. The van der Waals surface area contributed by atoms with Gasteiger partial charge in [-0.05, 0) is 103 Å². The first-order valence-electron chi connectivity index (χ1n) is 27.4. The molecular formula is C54H99NO13. The first-order chi connectivity index (χ1) is 33.1. The van der Waals surface area contributed by atoms with Crippen LogP contribution in [-0.2, 0) is 61.9 Å². The molecule has 1 atom stereocenters. The normalized spacial score (nSPS) is 12.1. The van der Waals surface area contributed by atoms with Crippen LogP contribution >= 0.6 is 0 Å². The van der Waals surface area contributed by atoms with Crippen LogP contribution in [0.5, 0.6) is 0 Å². The molecule has 0 amide bonds. The topological polar surface area (TPSA) is 170 Å². The number of rotatable bonds is 50. The first kappa shape index (κ1) is 64.7. The Labute approximate surface area is 413 Å². The molecule has 0 radical (unpaired) electrons. The number of carbonyl (C=O) groups is 6. The number of nitrogens with zero attached hydrogens (tertiary/aromatic N) is 1. The zero-order valence-corrected chi connectivity index (χ0v) is 44.0. The standard InChI is InChI=1S/C54H99NO13/c1-6-11-14-17-20-26-39-62-40-27-21-28-43-65-51(59)46-54(68-50(58)35-38-55(36-9-4)37-10-5,53(61)67-45-32-23-30-42-64-49(57)34-25-19-16-13-8-3)47-52(60)66-44-31-22-29-41-63-48(56)33-24-18-15-12-7-2/h6-47H2,1-5H3. The van der Waals surface area contributed by atoms with Crippen molar-refractivity contribution in [2.75, 3.05) is 65.9 Å². The van der Waals surface area contributed by atoms with Gasteiger partial charge in [0.25, 0.3) is 0 Å². The summed E-state index contributed by atoms with van der Waals surface area (Å²) in [6.45, 7) is 14.5. The SMILES string of the molecule is CCCCCCCCOCCCCCOC(=O)CC(CC(=O)OCCCCCOC(=O)CCCCCCC)(OC(=O)CCN(CCC)CCC)C(=O)OCCCCCOC(=O)CCCCCCC. The molecule has 14 heteroatoms. The van der Waals surface area contributed by atoms with Gasteiger partial charge >= 0.3 is 35.8 Å². The van der Waals surface area contributed by atoms with Gasteiger partial charge in [-0.1, -0.05) is 118 Å². The summed E-state index contributed by atoms with van der Waals surface area (Å²) >= 11 is 0. The Kier molecular flexibility index (Phi) is 45.1. The molecule has 0 aliphatic rings. The molecule has 68 heavy (non-hydrogen) atoms. The monoisotopic (exact) mass is 970 g/mol. The number of hydrogen-bond acceptors (Lipinski definition) is 14. The highest BCUT2D eigenvalue weighted by molar-refractivity contribution is 5.92. The van der Waals surface area contributed by atoms with E-state index in [1.807, 2.05) is 0 Å². The molecule has 0 aliphatic carbocycles. The highest BCUT2D eigenvalue weighted by Crippen LogP contribution is 2.27. The summed E-state index contributed by atoms with van der Waals surface area (Å²) in [4.78, 5) is 81.1. The van der Waals surface area contributed by atoms with Crippen LogP contribution in [0.3, 0.4) is 0 Å². The zero-order valence-electron chi connectivity index (χ0n) is 44.0. The molecule has 0 spiro atoms. The van der Waals surface area contributed by atoms with E-state index in [4.69, 9.17) is 33.2 Å². The van der Waals surface area contributed by atoms with Crippen LogP contribution in [0.15, 0.2) is 0 Å². The zero-order chi connectivity index (χ0) is 50.2. The van der Waals surface area contributed by atoms with Crippen LogP contribution in [0.25, 0.3) is 0 Å². The molecule has 1 unspecified atom stereocenters. The third-order valence-electron chi connectivity index (χ3n) is 11.7. The second-order valence-electron chi connectivity index (χ2n) is 18.3. The quantitative estimate of drug-likeness (QED) is 0.0320. The molecular weight excluding hydrogens is 871 g/mol. The van der Waals surface area contributed by atoms with Crippen molar-refractivity contribution in [3.8, 4) is 0 Å². The van der Waals surface area contributed by atoms with E-state index in [-0.39, 0.29) is 51.4 Å². The van der Waals surface area contributed by atoms with Gasteiger partial charge in [0.15, 0.2) is 0 Å². The van der Waals surface area contributed by atoms with Crippen LogP contribution < -0.4 is 0 Å². The summed E-state index contributed by atoms with van der Waals surface area (Å²) in [5.41, 5.74) is -2.31. The average molecular weight is 970 g/mol. The van der Waals surface area contributed by atoms with Gasteiger partial charge in [0.1, 0.15) is 0 Å². The maximum Gasteiger partial charge on any atom is 0.351 e. The molecule has 0 aromatic rings. The summed E-state index contributed by atoms with van der Waals surface area (Å²) in [5, 5.41) is 0. The lowest BCUT2D eigenvalue weighted by molar-refractivity contribution is -0.191. The van der Waals surface area contributed by atoms with Gasteiger partial charge in [0, 0.05) is 32.6 Å². The highest BCUT2D eigenvalue weighted by atomic mass is 16.6. The van der Waals surface area contributed by atoms with Crippen molar-refractivity contribution in [2.24, 2.45) is 0 Å². The maximum atomic E-state index is 14.1. The predicted molar refractivity (Wildman–Crippen MR) is 267 cm³/mol. The number of hydrogen-bond donors (Lipinski definition) is 0. The second kappa shape index (κ2) is 47.4. The van der Waals surface area contributed by atoms with E-state index < -0.39 is 42.3 Å². The minimum atomic E-state index is -2.31. The molecule has 0 aliphatic heterocycles. The second-order valence-corrected chi connectivity index (χ2v) is 18.3. The maximum absolute atomic E-state index is 14.1. The molecule has 0 N–H and O–H groups in total. The summed E-state index contributed by atoms with van der Waals surface area (Å²) in [6.07, 6.45) is 24.2. The Morgan fingerprint density at radius 2 is 0.662 bits per heavy atom. The van der Waals surface area contributed by atoms with Crippen molar-refractivity contribution in [1.82, 2.24) is 4.90 Å². The minimum Gasteiger partial charge on any atom is -0.466 e. The van der Waals surface area contributed by atoms with Gasteiger partial charge < -0.3 is 38.1 Å². The van der Waals surface area contributed by atoms with Crippen molar-refractivity contribution < 1.29 is 61.9 Å². The van der Waals surface area contributed by atoms with E-state index in [1.165, 1.54) is 32.1 Å². The molecule has 0 rings (SSSR count). The van der Waals surface area contributed by atoms with Crippen molar-refractivity contribution in [2.45, 2.75) is 246 Å². The van der Waals surface area contributed by atoms with Gasteiger partial charge in [-0.15, -0.1) is 0 Å². The van der Waals surface area contributed by atoms with Crippen LogP contribution in [0.4, 0.5) is 0 Å². The third-order valence-corrected chi connectivity index (χ3v) is 11.7. The fraction of sp³-hybridized carbons (Fsp3) is 0.889. The Bertz CT molecular complexity index is 1260. The summed E-state index contributed by atoms with van der Waals surface area (Å²) < 4.78 is 39.2. The smallest absolute Gasteiger partial charge is 0.351 e. The van der Waals surface area contributed by atoms with Gasteiger partial charge in [-0.3, -0.25) is 24.0 Å². The molecule has 0 bridgehead atoms. The number of carbonyl (C=O) groups excluding carboxylic acids is 6. The average Bonchev–Trinajstić information content (AvgIpc) is 3.31. The fourth-order valence-corrected chi connectivity index (χ4v) is 7.64. The molecule has 0 saturated carbocycles. The summed E-state index contributed by atoms with van der Waals surface area (Å²) in [6, 6.07) is 0. The van der Waals surface area contributed by atoms with Gasteiger partial charge in [0.2, 0.25) is 5.60 Å². The van der Waals surface area contributed by atoms with Gasteiger partial charge in [-0.25, -0.2) is 4.79 Å². The molecule has 0 aromatic carbocycles. The van der Waals surface area contributed by atoms with Crippen LogP contribution in [0.2, 0.25) is 0 Å². The van der Waals surface area contributed by atoms with E-state index in [9.17, 15) is 28.8 Å².